The van der Waals surface area contributed by atoms with Crippen molar-refractivity contribution in [3.8, 4) is 5.75 Å². The summed E-state index contributed by atoms with van der Waals surface area (Å²) in [5.41, 5.74) is 6.62. The highest BCUT2D eigenvalue weighted by Crippen LogP contribution is 2.12. The Balaban J connectivity index is 2.03. The van der Waals surface area contributed by atoms with Gasteiger partial charge in [-0.05, 0) is 49.8 Å². The Morgan fingerprint density at radius 2 is 1.50 bits per heavy atom. The fourth-order valence-corrected chi connectivity index (χ4v) is 3.07. The molecule has 0 aromatic heterocycles. The number of carbonyl (C=O) groups is 2. The van der Waals surface area contributed by atoms with Crippen molar-refractivity contribution in [1.82, 2.24) is 0 Å². The number of hydrogen-bond acceptors (Lipinski definition) is 5. The molecule has 1 aromatic carbocycles. The van der Waals surface area contributed by atoms with E-state index in [2.05, 4.69) is 43.4 Å². The first kappa shape index (κ1) is 27.4. The van der Waals surface area contributed by atoms with Crippen LogP contribution in [0, 0.1) is 0 Å². The molecule has 3 N–H and O–H groups in total. The van der Waals surface area contributed by atoms with E-state index in [1.165, 1.54) is 25.0 Å². The molecule has 5 heteroatoms. The zero-order valence-electron chi connectivity index (χ0n) is 19.4. The molecule has 0 saturated heterocycles. The van der Waals surface area contributed by atoms with E-state index in [4.69, 9.17) is 10.5 Å². The fourth-order valence-electron chi connectivity index (χ4n) is 3.07. The Morgan fingerprint density at radius 1 is 0.906 bits per heavy atom. The summed E-state index contributed by atoms with van der Waals surface area (Å²) in [6.45, 7) is 2.20. The minimum Gasteiger partial charge on any atom is -0.508 e. The SMILES string of the molecule is CCCC\C=C/C=C/C=C\CCCCCCCC(=O)OC(=O)[C@@H](N)Cc1ccc(O)cc1. The summed E-state index contributed by atoms with van der Waals surface area (Å²) < 4.78 is 4.85. The van der Waals surface area contributed by atoms with E-state index >= 15 is 0 Å². The third-order valence-corrected chi connectivity index (χ3v) is 4.99. The molecule has 0 amide bonds. The normalized spacial score (nSPS) is 12.7. The summed E-state index contributed by atoms with van der Waals surface area (Å²) in [6, 6.07) is 5.52. The van der Waals surface area contributed by atoms with Gasteiger partial charge in [0.05, 0.1) is 0 Å². The molecule has 176 valence electrons. The van der Waals surface area contributed by atoms with Gasteiger partial charge in [0.2, 0.25) is 0 Å². The number of rotatable bonds is 16. The van der Waals surface area contributed by atoms with Crippen LogP contribution in [-0.2, 0) is 20.7 Å². The van der Waals surface area contributed by atoms with Gasteiger partial charge in [0, 0.05) is 6.42 Å². The van der Waals surface area contributed by atoms with E-state index in [0.29, 0.717) is 6.42 Å². The lowest BCUT2D eigenvalue weighted by Crippen LogP contribution is -2.35. The van der Waals surface area contributed by atoms with Crippen LogP contribution in [0.2, 0.25) is 0 Å². The lowest BCUT2D eigenvalue weighted by Gasteiger charge is -2.10. The number of unbranched alkanes of at least 4 members (excludes halogenated alkanes) is 7. The van der Waals surface area contributed by atoms with Gasteiger partial charge in [0.25, 0.3) is 0 Å². The Morgan fingerprint density at radius 3 is 2.16 bits per heavy atom. The number of aromatic hydroxyl groups is 1. The van der Waals surface area contributed by atoms with Gasteiger partial charge in [-0.15, -0.1) is 0 Å². The van der Waals surface area contributed by atoms with E-state index in [1.807, 2.05) is 0 Å². The van der Waals surface area contributed by atoms with Gasteiger partial charge < -0.3 is 15.6 Å². The largest absolute Gasteiger partial charge is 0.508 e. The lowest BCUT2D eigenvalue weighted by molar-refractivity contribution is -0.160. The number of hydrogen-bond donors (Lipinski definition) is 2. The first-order valence-electron chi connectivity index (χ1n) is 11.8. The van der Waals surface area contributed by atoms with Crippen molar-refractivity contribution in [2.45, 2.75) is 83.6 Å². The zero-order chi connectivity index (χ0) is 23.4. The highest BCUT2D eigenvalue weighted by atomic mass is 16.6. The lowest BCUT2D eigenvalue weighted by atomic mass is 10.1. The molecule has 32 heavy (non-hydrogen) atoms. The van der Waals surface area contributed by atoms with Crippen LogP contribution in [0.15, 0.2) is 60.7 Å². The third kappa shape index (κ3) is 14.4. The Hall–Kier alpha value is -2.66. The number of esters is 2. The van der Waals surface area contributed by atoms with Gasteiger partial charge in [0.15, 0.2) is 0 Å². The number of phenols is 1. The predicted molar refractivity (Wildman–Crippen MR) is 130 cm³/mol. The van der Waals surface area contributed by atoms with Gasteiger partial charge in [-0.2, -0.15) is 0 Å². The number of nitrogens with two attached hydrogens (primary N) is 1. The van der Waals surface area contributed by atoms with Crippen LogP contribution in [0.4, 0.5) is 0 Å². The molecular formula is C27H39NO4. The minimum absolute atomic E-state index is 0.148. The molecule has 0 saturated carbocycles. The van der Waals surface area contributed by atoms with E-state index in [-0.39, 0.29) is 18.6 Å². The minimum atomic E-state index is -0.900. The molecule has 0 aliphatic rings. The molecule has 5 nitrogen and oxygen atoms in total. The number of phenolic OH excluding ortho intramolecular Hbond substituents is 1. The molecule has 0 aliphatic carbocycles. The van der Waals surface area contributed by atoms with Gasteiger partial charge in [-0.3, -0.25) is 4.79 Å². The van der Waals surface area contributed by atoms with E-state index < -0.39 is 18.0 Å². The van der Waals surface area contributed by atoms with Crippen LogP contribution >= 0.6 is 0 Å². The quantitative estimate of drug-likeness (QED) is 0.144. The molecule has 0 heterocycles. The van der Waals surface area contributed by atoms with E-state index in [1.54, 1.807) is 12.1 Å². The maximum Gasteiger partial charge on any atom is 0.330 e. The second kappa shape index (κ2) is 18.0. The second-order valence-corrected chi connectivity index (χ2v) is 7.96. The Kier molecular flexibility index (Phi) is 15.4. The molecule has 1 aromatic rings. The number of carbonyl (C=O) groups excluding carboxylic acids is 2. The third-order valence-electron chi connectivity index (χ3n) is 4.99. The van der Waals surface area contributed by atoms with Crippen LogP contribution in [0.25, 0.3) is 0 Å². The molecule has 0 fully saturated rings. The average molecular weight is 442 g/mol. The van der Waals surface area contributed by atoms with E-state index in [0.717, 1.165) is 44.1 Å². The predicted octanol–water partition coefficient (Wildman–Crippen LogP) is 5.92. The van der Waals surface area contributed by atoms with Crippen molar-refractivity contribution in [3.05, 3.63) is 66.3 Å². The van der Waals surface area contributed by atoms with E-state index in [9.17, 15) is 14.7 Å². The Labute approximate surface area is 193 Å². The van der Waals surface area contributed by atoms with Gasteiger partial charge in [-0.1, -0.05) is 87.6 Å². The molecule has 0 aliphatic heterocycles. The number of benzene rings is 1. The number of allylic oxidation sites excluding steroid dienone is 6. The summed E-state index contributed by atoms with van der Waals surface area (Å²) in [6.07, 6.45) is 22.8. The van der Waals surface area contributed by atoms with Crippen LogP contribution in [0.5, 0.6) is 5.75 Å². The molecule has 0 radical (unpaired) electrons. The molecule has 1 atom stereocenters. The summed E-state index contributed by atoms with van der Waals surface area (Å²) in [5, 5.41) is 9.27. The molecule has 0 spiro atoms. The Bertz CT molecular complexity index is 735. The maximum atomic E-state index is 12.0. The van der Waals surface area contributed by atoms with Crippen molar-refractivity contribution < 1.29 is 19.4 Å². The van der Waals surface area contributed by atoms with Gasteiger partial charge in [0.1, 0.15) is 11.8 Å². The number of ether oxygens (including phenoxy) is 1. The van der Waals surface area contributed by atoms with Crippen molar-refractivity contribution >= 4 is 11.9 Å². The topological polar surface area (TPSA) is 89.6 Å². The smallest absolute Gasteiger partial charge is 0.330 e. The highest BCUT2D eigenvalue weighted by Gasteiger charge is 2.19. The average Bonchev–Trinajstić information content (AvgIpc) is 2.77. The fraction of sp³-hybridized carbons (Fsp3) is 0.481. The monoisotopic (exact) mass is 441 g/mol. The first-order valence-corrected chi connectivity index (χ1v) is 11.8. The first-order chi connectivity index (χ1) is 15.5. The van der Waals surface area contributed by atoms with Gasteiger partial charge >= 0.3 is 11.9 Å². The standard InChI is InChI=1S/C27H39NO4/c1-2-3-4-5-6-7-8-9-10-11-12-13-14-15-16-17-26(30)32-27(31)25(28)22-23-18-20-24(29)21-19-23/h5-10,18-21,25,29H,2-4,11-17,22,28H2,1H3/b6-5-,8-7+,10-9-/t25-/m0/s1. The molecule has 0 unspecified atom stereocenters. The zero-order valence-corrected chi connectivity index (χ0v) is 19.4. The van der Waals surface area contributed by atoms with Crippen molar-refractivity contribution in [2.24, 2.45) is 5.73 Å². The van der Waals surface area contributed by atoms with Crippen LogP contribution in [-0.4, -0.2) is 23.1 Å². The summed E-state index contributed by atoms with van der Waals surface area (Å²) in [7, 11) is 0. The molecular weight excluding hydrogens is 402 g/mol. The van der Waals surface area contributed by atoms with Crippen molar-refractivity contribution in [1.29, 1.82) is 0 Å². The summed E-state index contributed by atoms with van der Waals surface area (Å²) in [5.74, 6) is -1.08. The van der Waals surface area contributed by atoms with Crippen molar-refractivity contribution in [3.63, 3.8) is 0 Å². The summed E-state index contributed by atoms with van der Waals surface area (Å²) in [4.78, 5) is 23.8. The summed E-state index contributed by atoms with van der Waals surface area (Å²) >= 11 is 0. The molecule has 0 bridgehead atoms. The second-order valence-electron chi connectivity index (χ2n) is 7.96. The van der Waals surface area contributed by atoms with Crippen LogP contribution < -0.4 is 5.73 Å². The van der Waals surface area contributed by atoms with Crippen LogP contribution in [0.3, 0.4) is 0 Å². The van der Waals surface area contributed by atoms with Gasteiger partial charge in [-0.25, -0.2) is 4.79 Å². The maximum absolute atomic E-state index is 12.0. The highest BCUT2D eigenvalue weighted by molar-refractivity contribution is 5.88. The van der Waals surface area contributed by atoms with Crippen molar-refractivity contribution in [2.75, 3.05) is 0 Å². The molecule has 1 rings (SSSR count). The van der Waals surface area contributed by atoms with Crippen LogP contribution in [0.1, 0.15) is 76.7 Å².